The van der Waals surface area contributed by atoms with E-state index in [1.165, 1.54) is 55.1 Å². The van der Waals surface area contributed by atoms with Crippen molar-refractivity contribution in [3.63, 3.8) is 0 Å². The maximum atomic E-state index is 3.36. The van der Waals surface area contributed by atoms with Crippen molar-refractivity contribution in [1.29, 1.82) is 0 Å². The van der Waals surface area contributed by atoms with Gasteiger partial charge in [0.2, 0.25) is 0 Å². The van der Waals surface area contributed by atoms with Gasteiger partial charge in [-0.3, -0.25) is 4.90 Å². The van der Waals surface area contributed by atoms with Crippen LogP contribution in [0.15, 0.2) is 60.8 Å². The zero-order chi connectivity index (χ0) is 17.3. The highest BCUT2D eigenvalue weighted by atomic mass is 15.2. The summed E-state index contributed by atoms with van der Waals surface area (Å²) in [5.41, 5.74) is 4.31. The summed E-state index contributed by atoms with van der Waals surface area (Å²) in [7, 11) is 0. The first kappa shape index (κ1) is 16.1. The van der Waals surface area contributed by atoms with Gasteiger partial charge < -0.3 is 4.98 Å². The number of aromatic amines is 1. The van der Waals surface area contributed by atoms with Crippen molar-refractivity contribution in [2.45, 2.75) is 50.6 Å². The summed E-state index contributed by atoms with van der Waals surface area (Å²) < 4.78 is 0. The Morgan fingerprint density at radius 3 is 2.69 bits per heavy atom. The van der Waals surface area contributed by atoms with Crippen molar-refractivity contribution in [2.75, 3.05) is 6.54 Å². The van der Waals surface area contributed by atoms with Crippen molar-refractivity contribution in [2.24, 2.45) is 5.92 Å². The molecule has 0 spiro atoms. The summed E-state index contributed by atoms with van der Waals surface area (Å²) in [6.45, 7) is 2.32. The van der Waals surface area contributed by atoms with Crippen LogP contribution >= 0.6 is 0 Å². The summed E-state index contributed by atoms with van der Waals surface area (Å²) in [6, 6.07) is 21.0. The van der Waals surface area contributed by atoms with Crippen LogP contribution in [-0.4, -0.2) is 22.5 Å². The molecule has 1 N–H and O–H groups in total. The third-order valence-corrected chi connectivity index (χ3v) is 6.78. The van der Waals surface area contributed by atoms with Crippen molar-refractivity contribution in [1.82, 2.24) is 9.88 Å². The Labute approximate surface area is 156 Å². The molecule has 2 heterocycles. The third kappa shape index (κ3) is 2.87. The van der Waals surface area contributed by atoms with Gasteiger partial charge in [-0.25, -0.2) is 0 Å². The molecule has 2 heteroatoms. The number of hydrogen-bond acceptors (Lipinski definition) is 1. The van der Waals surface area contributed by atoms with E-state index < -0.39 is 0 Å². The van der Waals surface area contributed by atoms with Crippen LogP contribution in [0.1, 0.15) is 49.1 Å². The van der Waals surface area contributed by atoms with Gasteiger partial charge in [-0.15, -0.1) is 0 Å². The molecule has 3 aromatic rings. The topological polar surface area (TPSA) is 19.0 Å². The van der Waals surface area contributed by atoms with Gasteiger partial charge in [0.25, 0.3) is 0 Å². The zero-order valence-corrected chi connectivity index (χ0v) is 15.4. The fraction of sp³-hybridized carbons (Fsp3) is 0.417. The second-order valence-corrected chi connectivity index (χ2v) is 8.15. The monoisotopic (exact) mass is 344 g/mol. The average Bonchev–Trinajstić information content (AvgIpc) is 3.19. The first-order chi connectivity index (χ1) is 12.9. The van der Waals surface area contributed by atoms with Gasteiger partial charge in [0.15, 0.2) is 0 Å². The Morgan fingerprint density at radius 2 is 1.77 bits per heavy atom. The number of piperidine rings is 1. The van der Waals surface area contributed by atoms with E-state index in [4.69, 9.17) is 0 Å². The standard InChI is InChI=1S/C24H28N2/c1-2-7-18(8-3-1)20-14-16-26(24-12-5-4-10-22(20)24)17-19-9-6-11-23-21(19)13-15-25-23/h1-3,6-9,11,13,15,20,22,24-25H,4-5,10,12,14,16-17H2/t20-,22-,24-/m1/s1. The normalized spacial score (nSPS) is 26.7. The fourth-order valence-electron chi connectivity index (χ4n) is 5.57. The molecule has 2 nitrogen and oxygen atoms in total. The quantitative estimate of drug-likeness (QED) is 0.644. The average molecular weight is 345 g/mol. The lowest BCUT2D eigenvalue weighted by molar-refractivity contribution is 0.0392. The smallest absolute Gasteiger partial charge is 0.0457 e. The lowest BCUT2D eigenvalue weighted by Crippen LogP contribution is -2.49. The predicted octanol–water partition coefficient (Wildman–Crippen LogP) is 5.72. The molecule has 0 radical (unpaired) electrons. The fourth-order valence-corrected chi connectivity index (χ4v) is 5.57. The van der Waals surface area contributed by atoms with E-state index >= 15 is 0 Å². The minimum atomic E-state index is 0.747. The number of rotatable bonds is 3. The Morgan fingerprint density at radius 1 is 0.885 bits per heavy atom. The van der Waals surface area contributed by atoms with Crippen LogP contribution in [0.25, 0.3) is 10.9 Å². The molecule has 1 saturated carbocycles. The van der Waals surface area contributed by atoms with Gasteiger partial charge in [-0.1, -0.05) is 55.3 Å². The summed E-state index contributed by atoms with van der Waals surface area (Å²) >= 11 is 0. The molecule has 2 aliphatic rings. The number of nitrogens with one attached hydrogen (secondary N) is 1. The second kappa shape index (κ2) is 6.92. The predicted molar refractivity (Wildman–Crippen MR) is 108 cm³/mol. The largest absolute Gasteiger partial charge is 0.361 e. The summed E-state index contributed by atoms with van der Waals surface area (Å²) in [5.74, 6) is 1.58. The Kier molecular flexibility index (Phi) is 4.30. The van der Waals surface area contributed by atoms with Gasteiger partial charge in [-0.05, 0) is 60.9 Å². The van der Waals surface area contributed by atoms with Crippen molar-refractivity contribution >= 4 is 10.9 Å². The SMILES string of the molecule is c1ccc([C@H]2CCN(Cc3cccc4[nH]ccc34)[C@@H]3CCCC[C@H]23)cc1. The van der Waals surface area contributed by atoms with Gasteiger partial charge >= 0.3 is 0 Å². The molecule has 0 unspecified atom stereocenters. The number of benzene rings is 2. The van der Waals surface area contributed by atoms with E-state index in [9.17, 15) is 0 Å². The number of H-pyrrole nitrogens is 1. The van der Waals surface area contributed by atoms with E-state index in [0.29, 0.717) is 0 Å². The highest BCUT2D eigenvalue weighted by Gasteiger charge is 2.39. The lowest BCUT2D eigenvalue weighted by atomic mass is 9.69. The molecule has 0 bridgehead atoms. The maximum Gasteiger partial charge on any atom is 0.0457 e. The number of nitrogens with zero attached hydrogens (tertiary/aromatic N) is 1. The highest BCUT2D eigenvalue weighted by Crippen LogP contribution is 2.44. The minimum absolute atomic E-state index is 0.747. The van der Waals surface area contributed by atoms with Gasteiger partial charge in [0.1, 0.15) is 0 Å². The number of aromatic nitrogens is 1. The van der Waals surface area contributed by atoms with E-state index in [1.54, 1.807) is 5.56 Å². The lowest BCUT2D eigenvalue weighted by Gasteiger charge is -2.48. The third-order valence-electron chi connectivity index (χ3n) is 6.78. The van der Waals surface area contributed by atoms with Crippen molar-refractivity contribution in [3.05, 3.63) is 71.9 Å². The first-order valence-corrected chi connectivity index (χ1v) is 10.2. The summed E-state index contributed by atoms with van der Waals surface area (Å²) in [5, 5.41) is 1.39. The molecular weight excluding hydrogens is 316 g/mol. The molecule has 2 fully saturated rings. The Balaban J connectivity index is 1.42. The number of fused-ring (bicyclic) bond motifs is 2. The van der Waals surface area contributed by atoms with Crippen molar-refractivity contribution in [3.8, 4) is 0 Å². The van der Waals surface area contributed by atoms with E-state index in [-0.39, 0.29) is 0 Å². The first-order valence-electron chi connectivity index (χ1n) is 10.2. The molecular formula is C24H28N2. The van der Waals surface area contributed by atoms with E-state index in [0.717, 1.165) is 24.4 Å². The van der Waals surface area contributed by atoms with E-state index in [2.05, 4.69) is 70.7 Å². The molecule has 3 atom stereocenters. The highest BCUT2D eigenvalue weighted by molar-refractivity contribution is 5.82. The number of hydrogen-bond donors (Lipinski definition) is 1. The Hall–Kier alpha value is -2.06. The maximum absolute atomic E-state index is 3.36. The van der Waals surface area contributed by atoms with E-state index in [1.807, 2.05) is 0 Å². The molecule has 134 valence electrons. The van der Waals surface area contributed by atoms with Gasteiger partial charge in [-0.2, -0.15) is 0 Å². The zero-order valence-electron chi connectivity index (χ0n) is 15.4. The van der Waals surface area contributed by atoms with Crippen LogP contribution in [0.2, 0.25) is 0 Å². The van der Waals surface area contributed by atoms with Crippen LogP contribution in [0.3, 0.4) is 0 Å². The molecule has 1 aromatic heterocycles. The van der Waals surface area contributed by atoms with Crippen molar-refractivity contribution < 1.29 is 0 Å². The van der Waals surface area contributed by atoms with Crippen LogP contribution in [0, 0.1) is 5.92 Å². The molecule has 0 amide bonds. The second-order valence-electron chi connectivity index (χ2n) is 8.15. The van der Waals surface area contributed by atoms with Crippen LogP contribution in [0.4, 0.5) is 0 Å². The van der Waals surface area contributed by atoms with Gasteiger partial charge in [0, 0.05) is 29.7 Å². The molecule has 26 heavy (non-hydrogen) atoms. The summed E-state index contributed by atoms with van der Waals surface area (Å²) in [6.07, 6.45) is 8.94. The minimum Gasteiger partial charge on any atom is -0.361 e. The van der Waals surface area contributed by atoms with Crippen LogP contribution in [0.5, 0.6) is 0 Å². The van der Waals surface area contributed by atoms with Crippen LogP contribution in [-0.2, 0) is 6.54 Å². The number of likely N-dealkylation sites (tertiary alicyclic amines) is 1. The summed E-state index contributed by atoms with van der Waals surface area (Å²) in [4.78, 5) is 6.16. The molecule has 1 aliphatic heterocycles. The Bertz CT molecular complexity index is 866. The molecule has 1 saturated heterocycles. The molecule has 2 aromatic carbocycles. The van der Waals surface area contributed by atoms with Gasteiger partial charge in [0.05, 0.1) is 0 Å². The molecule has 1 aliphatic carbocycles. The molecule has 5 rings (SSSR count). The van der Waals surface area contributed by atoms with Crippen LogP contribution < -0.4 is 0 Å².